The van der Waals surface area contributed by atoms with Crippen molar-refractivity contribution in [1.82, 2.24) is 5.32 Å². The van der Waals surface area contributed by atoms with Crippen LogP contribution < -0.4 is 15.4 Å². The van der Waals surface area contributed by atoms with Crippen molar-refractivity contribution in [3.63, 3.8) is 0 Å². The smallest absolute Gasteiger partial charge is 0.262 e. The number of benzene rings is 3. The molecule has 0 saturated carbocycles. The van der Waals surface area contributed by atoms with Gasteiger partial charge in [-0.25, -0.2) is 8.42 Å². The monoisotopic (exact) mass is 479 g/mol. The van der Waals surface area contributed by atoms with E-state index in [1.165, 1.54) is 6.07 Å². The number of hydrogen-bond acceptors (Lipinski definition) is 4. The van der Waals surface area contributed by atoms with Gasteiger partial charge in [-0.1, -0.05) is 31.2 Å². The van der Waals surface area contributed by atoms with Crippen molar-refractivity contribution in [2.24, 2.45) is 0 Å². The molecule has 0 unspecified atom stereocenters. The van der Waals surface area contributed by atoms with Gasteiger partial charge >= 0.3 is 0 Å². The Morgan fingerprint density at radius 2 is 1.53 bits per heavy atom. The van der Waals surface area contributed by atoms with Crippen LogP contribution in [-0.2, 0) is 10.0 Å². The third-order valence-electron chi connectivity index (χ3n) is 5.17. The van der Waals surface area contributed by atoms with Crippen LogP contribution in [0.25, 0.3) is 0 Å². The van der Waals surface area contributed by atoms with Gasteiger partial charge in [-0.05, 0) is 80.3 Å². The van der Waals surface area contributed by atoms with Gasteiger partial charge in [0, 0.05) is 17.8 Å². The van der Waals surface area contributed by atoms with E-state index in [4.69, 9.17) is 0 Å². The summed E-state index contributed by atoms with van der Waals surface area (Å²) in [5, 5.41) is 5.52. The molecular weight excluding hydrogens is 450 g/mol. The molecular formula is C26H29N3O4S. The van der Waals surface area contributed by atoms with Crippen LogP contribution in [0.2, 0.25) is 0 Å². The predicted octanol–water partition coefficient (Wildman–Crippen LogP) is 4.80. The first kappa shape index (κ1) is 25.0. The molecule has 34 heavy (non-hydrogen) atoms. The lowest BCUT2D eigenvalue weighted by Gasteiger charge is -2.14. The van der Waals surface area contributed by atoms with Crippen LogP contribution in [0, 0.1) is 20.8 Å². The van der Waals surface area contributed by atoms with Crippen molar-refractivity contribution < 1.29 is 18.0 Å². The van der Waals surface area contributed by atoms with Gasteiger partial charge < -0.3 is 10.6 Å². The highest BCUT2D eigenvalue weighted by molar-refractivity contribution is 7.92. The zero-order valence-electron chi connectivity index (χ0n) is 19.7. The normalized spacial score (nSPS) is 11.1. The van der Waals surface area contributed by atoms with Crippen LogP contribution in [0.15, 0.2) is 65.6 Å². The third kappa shape index (κ3) is 6.02. The highest BCUT2D eigenvalue weighted by atomic mass is 32.2. The van der Waals surface area contributed by atoms with Gasteiger partial charge in [0.05, 0.1) is 16.1 Å². The number of nitrogens with one attached hydrogen (secondary N) is 3. The topological polar surface area (TPSA) is 104 Å². The molecule has 0 bridgehead atoms. The minimum atomic E-state index is -3.93. The Kier molecular flexibility index (Phi) is 7.73. The van der Waals surface area contributed by atoms with Crippen molar-refractivity contribution in [3.8, 4) is 0 Å². The van der Waals surface area contributed by atoms with E-state index in [1.807, 2.05) is 26.8 Å². The standard InChI is InChI=1S/C26H29N3O4S/c1-5-12-27-26(31)22-8-6-7-9-23(22)28-25(30)20-11-10-19(4)24(16-20)34(32,33)29-21-14-17(2)13-18(3)15-21/h6-11,13-16,29H,5,12H2,1-4H3,(H,27,31)(H,28,30). The van der Waals surface area contributed by atoms with Gasteiger partial charge in [-0.15, -0.1) is 0 Å². The van der Waals surface area contributed by atoms with Crippen molar-refractivity contribution in [2.45, 2.75) is 39.0 Å². The van der Waals surface area contributed by atoms with Gasteiger partial charge in [-0.2, -0.15) is 0 Å². The molecule has 0 saturated heterocycles. The first-order chi connectivity index (χ1) is 16.1. The summed E-state index contributed by atoms with van der Waals surface area (Å²) in [6, 6.07) is 16.6. The molecule has 0 aliphatic carbocycles. The molecule has 7 nitrogen and oxygen atoms in total. The quantitative estimate of drug-likeness (QED) is 0.431. The summed E-state index contributed by atoms with van der Waals surface area (Å²) in [4.78, 5) is 25.4. The van der Waals surface area contributed by atoms with E-state index in [0.29, 0.717) is 29.0 Å². The van der Waals surface area contributed by atoms with E-state index >= 15 is 0 Å². The van der Waals surface area contributed by atoms with Crippen molar-refractivity contribution in [1.29, 1.82) is 0 Å². The fourth-order valence-electron chi connectivity index (χ4n) is 3.59. The minimum Gasteiger partial charge on any atom is -0.352 e. The van der Waals surface area contributed by atoms with Gasteiger partial charge in [0.25, 0.3) is 21.8 Å². The lowest BCUT2D eigenvalue weighted by Crippen LogP contribution is -2.26. The van der Waals surface area contributed by atoms with Crippen LogP contribution >= 0.6 is 0 Å². The molecule has 3 N–H and O–H groups in total. The Morgan fingerprint density at radius 1 is 0.853 bits per heavy atom. The van der Waals surface area contributed by atoms with Crippen LogP contribution in [0.1, 0.15) is 50.8 Å². The molecule has 3 aromatic rings. The molecule has 0 aromatic heterocycles. The minimum absolute atomic E-state index is 0.00767. The lowest BCUT2D eigenvalue weighted by molar-refractivity contribution is 0.0954. The molecule has 0 spiro atoms. The zero-order valence-corrected chi connectivity index (χ0v) is 20.5. The lowest BCUT2D eigenvalue weighted by atomic mass is 10.1. The number of para-hydroxylation sites is 1. The van der Waals surface area contributed by atoms with Crippen LogP contribution in [-0.4, -0.2) is 26.8 Å². The Labute approximate surface area is 200 Å². The van der Waals surface area contributed by atoms with Crippen LogP contribution in [0.5, 0.6) is 0 Å². The SMILES string of the molecule is CCCNC(=O)c1ccccc1NC(=O)c1ccc(C)c(S(=O)(=O)Nc2cc(C)cc(C)c2)c1. The number of rotatable bonds is 8. The number of hydrogen-bond donors (Lipinski definition) is 3. The van der Waals surface area contributed by atoms with Gasteiger partial charge in [-0.3, -0.25) is 14.3 Å². The summed E-state index contributed by atoms with van der Waals surface area (Å²) in [7, 11) is -3.93. The van der Waals surface area contributed by atoms with Crippen molar-refractivity contribution >= 4 is 33.2 Å². The fraction of sp³-hybridized carbons (Fsp3) is 0.231. The maximum Gasteiger partial charge on any atom is 0.262 e. The second-order valence-electron chi connectivity index (χ2n) is 8.22. The zero-order chi connectivity index (χ0) is 24.9. The highest BCUT2D eigenvalue weighted by Gasteiger charge is 2.21. The Morgan fingerprint density at radius 3 is 2.21 bits per heavy atom. The Balaban J connectivity index is 1.88. The van der Waals surface area contributed by atoms with E-state index in [2.05, 4.69) is 15.4 Å². The second-order valence-corrected chi connectivity index (χ2v) is 9.87. The average molecular weight is 480 g/mol. The average Bonchev–Trinajstić information content (AvgIpc) is 2.76. The summed E-state index contributed by atoms with van der Waals surface area (Å²) in [5.74, 6) is -0.804. The van der Waals surface area contributed by atoms with Crippen LogP contribution in [0.4, 0.5) is 11.4 Å². The predicted molar refractivity (Wildman–Crippen MR) is 135 cm³/mol. The summed E-state index contributed by atoms with van der Waals surface area (Å²) >= 11 is 0. The summed E-state index contributed by atoms with van der Waals surface area (Å²) in [6.45, 7) is 7.92. The molecule has 0 heterocycles. The van der Waals surface area contributed by atoms with Gasteiger partial charge in [0.2, 0.25) is 0 Å². The number of carbonyl (C=O) groups is 2. The Bertz CT molecular complexity index is 1310. The Hall–Kier alpha value is -3.65. The van der Waals surface area contributed by atoms with Crippen molar-refractivity contribution in [2.75, 3.05) is 16.6 Å². The molecule has 0 radical (unpaired) electrons. The molecule has 178 valence electrons. The summed E-state index contributed by atoms with van der Waals surface area (Å²) < 4.78 is 28.9. The molecule has 0 fully saturated rings. The van der Waals surface area contributed by atoms with Crippen molar-refractivity contribution in [3.05, 3.63) is 88.5 Å². The molecule has 0 aliphatic rings. The first-order valence-electron chi connectivity index (χ1n) is 11.0. The maximum atomic E-state index is 13.1. The van der Waals surface area contributed by atoms with E-state index in [9.17, 15) is 18.0 Å². The largest absolute Gasteiger partial charge is 0.352 e. The first-order valence-corrected chi connectivity index (χ1v) is 12.5. The van der Waals surface area contributed by atoms with Gasteiger partial charge in [0.1, 0.15) is 0 Å². The molecule has 3 aromatic carbocycles. The van der Waals surface area contributed by atoms with E-state index < -0.39 is 15.9 Å². The number of sulfonamides is 1. The van der Waals surface area contributed by atoms with E-state index in [1.54, 1.807) is 55.5 Å². The summed E-state index contributed by atoms with van der Waals surface area (Å²) in [6.07, 6.45) is 0.789. The molecule has 2 amide bonds. The number of carbonyl (C=O) groups excluding carboxylic acids is 2. The second kappa shape index (κ2) is 10.5. The third-order valence-corrected chi connectivity index (χ3v) is 6.69. The summed E-state index contributed by atoms with van der Waals surface area (Å²) in [5.41, 5.74) is 3.68. The molecule has 0 aliphatic heterocycles. The van der Waals surface area contributed by atoms with Gasteiger partial charge in [0.15, 0.2) is 0 Å². The number of aryl methyl sites for hydroxylation is 3. The molecule has 8 heteroatoms. The molecule has 3 rings (SSSR count). The van der Waals surface area contributed by atoms with Crippen LogP contribution in [0.3, 0.4) is 0 Å². The molecule has 0 atom stereocenters. The number of anilines is 2. The fourth-order valence-corrected chi connectivity index (χ4v) is 4.91. The van der Waals surface area contributed by atoms with E-state index in [0.717, 1.165) is 17.5 Å². The van der Waals surface area contributed by atoms with E-state index in [-0.39, 0.29) is 16.4 Å². The highest BCUT2D eigenvalue weighted by Crippen LogP contribution is 2.23. The number of amides is 2. The maximum absolute atomic E-state index is 13.1.